The minimum Gasteiger partial charge on any atom is -0.341 e. The molecule has 0 unspecified atom stereocenters. The van der Waals surface area contributed by atoms with Crippen molar-refractivity contribution < 1.29 is 4.79 Å². The fraction of sp³-hybridized carbons (Fsp3) is 0.250. The summed E-state index contributed by atoms with van der Waals surface area (Å²) >= 11 is 0. The number of carbonyl (C=O) groups is 1. The Balaban J connectivity index is 1.71. The van der Waals surface area contributed by atoms with Crippen molar-refractivity contribution in [2.45, 2.75) is 19.4 Å². The molecular weight excluding hydrogens is 314 g/mol. The van der Waals surface area contributed by atoms with E-state index >= 15 is 0 Å². The Hall–Kier alpha value is -2.95. The molecule has 0 fully saturated rings. The molecule has 0 bridgehead atoms. The summed E-state index contributed by atoms with van der Waals surface area (Å²) in [6, 6.07) is 17.4. The molecule has 0 radical (unpaired) electrons. The van der Waals surface area contributed by atoms with Crippen molar-refractivity contribution in [1.29, 1.82) is 0 Å². The Morgan fingerprint density at radius 1 is 1.08 bits per heavy atom. The second-order valence-corrected chi connectivity index (χ2v) is 6.15. The van der Waals surface area contributed by atoms with E-state index in [1.54, 1.807) is 23.6 Å². The van der Waals surface area contributed by atoms with Crippen LogP contribution in [0.1, 0.15) is 17.7 Å². The summed E-state index contributed by atoms with van der Waals surface area (Å²) in [5, 5.41) is 0. The topological polar surface area (TPSA) is 55.2 Å². The molecule has 0 atom stereocenters. The molecule has 0 saturated carbocycles. The van der Waals surface area contributed by atoms with E-state index in [1.807, 2.05) is 54.6 Å². The first-order chi connectivity index (χ1) is 12.1. The molecule has 5 heteroatoms. The van der Waals surface area contributed by atoms with Crippen LogP contribution in [0, 0.1) is 0 Å². The lowest BCUT2D eigenvalue weighted by Crippen LogP contribution is -2.28. The fourth-order valence-electron chi connectivity index (χ4n) is 2.86. The van der Waals surface area contributed by atoms with Crippen LogP contribution in [0.15, 0.2) is 59.4 Å². The maximum absolute atomic E-state index is 12.4. The van der Waals surface area contributed by atoms with Gasteiger partial charge in [0.15, 0.2) is 0 Å². The van der Waals surface area contributed by atoms with Crippen molar-refractivity contribution in [3.8, 4) is 0 Å². The number of aromatic nitrogens is 2. The van der Waals surface area contributed by atoms with Crippen LogP contribution in [0.4, 0.5) is 0 Å². The number of fused-ring (bicyclic) bond motifs is 1. The van der Waals surface area contributed by atoms with Crippen LogP contribution in [-0.2, 0) is 24.8 Å². The quantitative estimate of drug-likeness (QED) is 0.720. The highest BCUT2D eigenvalue weighted by atomic mass is 16.2. The molecular formula is C20H21N3O2. The highest BCUT2D eigenvalue weighted by Crippen LogP contribution is 2.10. The van der Waals surface area contributed by atoms with Gasteiger partial charge in [0, 0.05) is 33.5 Å². The van der Waals surface area contributed by atoms with E-state index in [0.717, 1.165) is 16.6 Å². The van der Waals surface area contributed by atoms with Crippen LogP contribution in [-0.4, -0.2) is 27.4 Å². The van der Waals surface area contributed by atoms with E-state index in [1.165, 1.54) is 0 Å². The maximum Gasteiger partial charge on any atom is 0.272 e. The van der Waals surface area contributed by atoms with Crippen molar-refractivity contribution in [3.05, 3.63) is 76.2 Å². The first kappa shape index (κ1) is 16.9. The molecule has 0 spiro atoms. The summed E-state index contributed by atoms with van der Waals surface area (Å²) in [6.07, 6.45) is 0.611. The van der Waals surface area contributed by atoms with E-state index in [-0.39, 0.29) is 17.9 Å². The van der Waals surface area contributed by atoms with Crippen molar-refractivity contribution in [2.24, 2.45) is 7.05 Å². The van der Waals surface area contributed by atoms with Gasteiger partial charge in [-0.05, 0) is 17.7 Å². The molecule has 128 valence electrons. The number of amides is 1. The molecule has 0 N–H and O–H groups in total. The van der Waals surface area contributed by atoms with Gasteiger partial charge in [-0.1, -0.05) is 42.5 Å². The van der Waals surface area contributed by atoms with Gasteiger partial charge >= 0.3 is 0 Å². The lowest BCUT2D eigenvalue weighted by atomic mass is 10.2. The molecule has 3 aromatic rings. The monoisotopic (exact) mass is 335 g/mol. The van der Waals surface area contributed by atoms with Crippen LogP contribution >= 0.6 is 0 Å². The number of nitrogens with zero attached hydrogens (tertiary/aromatic N) is 3. The molecule has 0 aliphatic heterocycles. The Kier molecular flexibility index (Phi) is 4.93. The Bertz CT molecular complexity index is 948. The first-order valence-corrected chi connectivity index (χ1v) is 8.29. The zero-order valence-corrected chi connectivity index (χ0v) is 14.5. The van der Waals surface area contributed by atoms with Gasteiger partial charge in [-0.3, -0.25) is 9.59 Å². The van der Waals surface area contributed by atoms with Crippen molar-refractivity contribution >= 4 is 16.9 Å². The zero-order valence-electron chi connectivity index (χ0n) is 14.5. The number of hydrogen-bond acceptors (Lipinski definition) is 3. The predicted molar refractivity (Wildman–Crippen MR) is 98.2 cm³/mol. The zero-order chi connectivity index (χ0) is 17.8. The summed E-state index contributed by atoms with van der Waals surface area (Å²) in [4.78, 5) is 30.9. The molecule has 1 amide bonds. The van der Waals surface area contributed by atoms with E-state index in [0.29, 0.717) is 18.7 Å². The standard InChI is InChI=1S/C20H21N3O2/c1-22(14-15-8-4-3-5-9-15)19(24)13-12-17-20(25)23(2)18-11-7-6-10-16(18)21-17/h3-11H,12-14H2,1-2H3. The lowest BCUT2D eigenvalue weighted by Gasteiger charge is -2.17. The number of carbonyl (C=O) groups excluding carboxylic acids is 1. The normalized spacial score (nSPS) is 10.8. The molecule has 0 aliphatic carbocycles. The van der Waals surface area contributed by atoms with Gasteiger partial charge in [0.2, 0.25) is 5.91 Å². The summed E-state index contributed by atoms with van der Waals surface area (Å²) in [5.41, 5.74) is 2.94. The van der Waals surface area contributed by atoms with E-state index < -0.39 is 0 Å². The maximum atomic E-state index is 12.4. The van der Waals surface area contributed by atoms with Gasteiger partial charge < -0.3 is 9.47 Å². The van der Waals surface area contributed by atoms with Crippen LogP contribution in [0.2, 0.25) is 0 Å². The van der Waals surface area contributed by atoms with Gasteiger partial charge in [0.25, 0.3) is 5.56 Å². The lowest BCUT2D eigenvalue weighted by molar-refractivity contribution is -0.130. The number of benzene rings is 2. The molecule has 25 heavy (non-hydrogen) atoms. The largest absolute Gasteiger partial charge is 0.341 e. The minimum atomic E-state index is -0.141. The molecule has 3 rings (SSSR count). The van der Waals surface area contributed by atoms with Crippen molar-refractivity contribution in [1.82, 2.24) is 14.5 Å². The minimum absolute atomic E-state index is 0.000801. The third-order valence-corrected chi connectivity index (χ3v) is 4.31. The Morgan fingerprint density at radius 2 is 1.76 bits per heavy atom. The fourth-order valence-corrected chi connectivity index (χ4v) is 2.86. The Morgan fingerprint density at radius 3 is 2.52 bits per heavy atom. The second-order valence-electron chi connectivity index (χ2n) is 6.15. The van der Waals surface area contributed by atoms with Crippen molar-refractivity contribution in [2.75, 3.05) is 7.05 Å². The summed E-state index contributed by atoms with van der Waals surface area (Å²) < 4.78 is 1.59. The SMILES string of the molecule is CN(Cc1ccccc1)C(=O)CCc1nc2ccccc2n(C)c1=O. The summed E-state index contributed by atoms with van der Waals surface area (Å²) in [7, 11) is 3.51. The summed E-state index contributed by atoms with van der Waals surface area (Å²) in [5.74, 6) is 0.000801. The van der Waals surface area contributed by atoms with Gasteiger partial charge in [-0.15, -0.1) is 0 Å². The van der Waals surface area contributed by atoms with Crippen LogP contribution in [0.5, 0.6) is 0 Å². The van der Waals surface area contributed by atoms with Crippen LogP contribution in [0.25, 0.3) is 11.0 Å². The second kappa shape index (κ2) is 7.30. The molecule has 1 heterocycles. The highest BCUT2D eigenvalue weighted by molar-refractivity contribution is 5.77. The van der Waals surface area contributed by atoms with E-state index in [4.69, 9.17) is 0 Å². The molecule has 1 aromatic heterocycles. The van der Waals surface area contributed by atoms with Gasteiger partial charge in [0.05, 0.1) is 11.0 Å². The average molecular weight is 335 g/mol. The molecule has 0 saturated heterocycles. The molecule has 5 nitrogen and oxygen atoms in total. The number of hydrogen-bond donors (Lipinski definition) is 0. The van der Waals surface area contributed by atoms with E-state index in [2.05, 4.69) is 4.98 Å². The van der Waals surface area contributed by atoms with Gasteiger partial charge in [0.1, 0.15) is 5.69 Å². The predicted octanol–water partition coefficient (Wildman–Crippen LogP) is 2.52. The van der Waals surface area contributed by atoms with Crippen LogP contribution < -0.4 is 5.56 Å². The van der Waals surface area contributed by atoms with Crippen molar-refractivity contribution in [3.63, 3.8) is 0 Å². The Labute approximate surface area is 146 Å². The number of rotatable bonds is 5. The number of para-hydroxylation sites is 2. The van der Waals surface area contributed by atoms with Gasteiger partial charge in [-0.2, -0.15) is 0 Å². The smallest absolute Gasteiger partial charge is 0.272 e. The van der Waals surface area contributed by atoms with E-state index in [9.17, 15) is 9.59 Å². The highest BCUT2D eigenvalue weighted by Gasteiger charge is 2.13. The first-order valence-electron chi connectivity index (χ1n) is 8.29. The molecule has 2 aromatic carbocycles. The number of aryl methyl sites for hydroxylation is 2. The average Bonchev–Trinajstić information content (AvgIpc) is 2.64. The van der Waals surface area contributed by atoms with Crippen LogP contribution in [0.3, 0.4) is 0 Å². The third kappa shape index (κ3) is 3.76. The summed E-state index contributed by atoms with van der Waals surface area (Å²) in [6.45, 7) is 0.558. The molecule has 0 aliphatic rings. The van der Waals surface area contributed by atoms with Gasteiger partial charge in [-0.25, -0.2) is 4.98 Å². The third-order valence-electron chi connectivity index (χ3n) is 4.31.